The van der Waals surface area contributed by atoms with Gasteiger partial charge in [-0.2, -0.15) is 5.10 Å². The molecule has 0 saturated carbocycles. The van der Waals surface area contributed by atoms with Gasteiger partial charge in [-0.05, 0) is 32.0 Å². The lowest BCUT2D eigenvalue weighted by Crippen LogP contribution is -2.47. The molecule has 22 heavy (non-hydrogen) atoms. The summed E-state index contributed by atoms with van der Waals surface area (Å²) in [5.41, 5.74) is -1.10. The molecule has 0 spiro atoms. The van der Waals surface area contributed by atoms with Crippen molar-refractivity contribution in [1.29, 1.82) is 0 Å². The van der Waals surface area contributed by atoms with E-state index in [1.165, 1.54) is 18.0 Å². The van der Waals surface area contributed by atoms with Gasteiger partial charge in [0.2, 0.25) is 0 Å². The number of benzene rings is 1. The number of carbonyl (C=O) groups is 2. The standard InChI is InChI=1S/C14H14Cl2N2O4/c1-3-22-12(19)10-7-14(2,13(20)21)18(17-10)11-6-8(15)4-5-9(11)16/h4-6H,3,7H2,1-2H3,(H,20,21). The third-order valence-electron chi connectivity index (χ3n) is 3.31. The highest BCUT2D eigenvalue weighted by Gasteiger charge is 2.48. The van der Waals surface area contributed by atoms with Crippen LogP contribution in [0.4, 0.5) is 5.69 Å². The Bertz CT molecular complexity index is 662. The van der Waals surface area contributed by atoms with Crippen LogP contribution in [0.1, 0.15) is 20.3 Å². The Morgan fingerprint density at radius 2 is 2.14 bits per heavy atom. The minimum absolute atomic E-state index is 0.0304. The van der Waals surface area contributed by atoms with Gasteiger partial charge < -0.3 is 9.84 Å². The van der Waals surface area contributed by atoms with Crippen molar-refractivity contribution in [2.75, 3.05) is 11.6 Å². The third-order valence-corrected chi connectivity index (χ3v) is 3.86. The van der Waals surface area contributed by atoms with Gasteiger partial charge in [0, 0.05) is 11.4 Å². The van der Waals surface area contributed by atoms with Crippen LogP contribution in [0.5, 0.6) is 0 Å². The normalized spacial score (nSPS) is 20.7. The molecule has 1 aliphatic heterocycles. The number of halogens is 2. The van der Waals surface area contributed by atoms with Crippen LogP contribution in [0, 0.1) is 0 Å². The van der Waals surface area contributed by atoms with Gasteiger partial charge in [0.1, 0.15) is 5.71 Å². The number of nitrogens with zero attached hydrogens (tertiary/aromatic N) is 2. The Hall–Kier alpha value is -1.79. The molecule has 1 aromatic rings. The average molecular weight is 345 g/mol. The number of ether oxygens (including phenoxy) is 1. The number of aliphatic carboxylic acids is 1. The Kier molecular flexibility index (Phi) is 4.63. The van der Waals surface area contributed by atoms with Crippen LogP contribution >= 0.6 is 23.2 Å². The minimum atomic E-state index is -1.45. The number of hydrogen-bond acceptors (Lipinski definition) is 5. The molecule has 8 heteroatoms. The van der Waals surface area contributed by atoms with E-state index >= 15 is 0 Å². The van der Waals surface area contributed by atoms with Crippen molar-refractivity contribution in [3.05, 3.63) is 28.2 Å². The zero-order valence-corrected chi connectivity index (χ0v) is 13.5. The summed E-state index contributed by atoms with van der Waals surface area (Å²) in [4.78, 5) is 23.5. The number of carboxylic acid groups (broad SMARTS) is 1. The molecule has 0 bridgehead atoms. The molecule has 0 aromatic heterocycles. The van der Waals surface area contributed by atoms with Gasteiger partial charge in [-0.15, -0.1) is 0 Å². The highest BCUT2D eigenvalue weighted by atomic mass is 35.5. The quantitative estimate of drug-likeness (QED) is 0.849. The summed E-state index contributed by atoms with van der Waals surface area (Å²) in [6, 6.07) is 4.62. The summed E-state index contributed by atoms with van der Waals surface area (Å²) in [5, 5.41) is 15.5. The molecule has 0 aliphatic carbocycles. The molecule has 0 saturated heterocycles. The summed E-state index contributed by atoms with van der Waals surface area (Å²) >= 11 is 12.1. The van der Waals surface area contributed by atoms with Gasteiger partial charge >= 0.3 is 11.9 Å². The maximum Gasteiger partial charge on any atom is 0.354 e. The molecule has 0 amide bonds. The monoisotopic (exact) mass is 344 g/mol. The SMILES string of the molecule is CCOC(=O)C1=NN(c2cc(Cl)ccc2Cl)C(C)(C(=O)O)C1. The van der Waals surface area contributed by atoms with Gasteiger partial charge in [-0.3, -0.25) is 0 Å². The van der Waals surface area contributed by atoms with Gasteiger partial charge in [-0.25, -0.2) is 14.6 Å². The molecule has 1 aliphatic rings. The van der Waals surface area contributed by atoms with E-state index in [4.69, 9.17) is 27.9 Å². The van der Waals surface area contributed by atoms with E-state index < -0.39 is 17.5 Å². The van der Waals surface area contributed by atoms with Crippen molar-refractivity contribution in [3.63, 3.8) is 0 Å². The Balaban J connectivity index is 2.50. The smallest absolute Gasteiger partial charge is 0.354 e. The fourth-order valence-electron chi connectivity index (χ4n) is 2.13. The molecule has 1 atom stereocenters. The number of hydrogen-bond donors (Lipinski definition) is 1. The molecule has 0 fully saturated rings. The van der Waals surface area contributed by atoms with E-state index in [0.29, 0.717) is 10.7 Å². The molecule has 118 valence electrons. The first-order chi connectivity index (χ1) is 10.3. The molecule has 6 nitrogen and oxygen atoms in total. The van der Waals surface area contributed by atoms with Gasteiger partial charge in [0.25, 0.3) is 0 Å². The van der Waals surface area contributed by atoms with Crippen LogP contribution < -0.4 is 5.01 Å². The molecule has 1 N–H and O–H groups in total. The topological polar surface area (TPSA) is 79.2 Å². The van der Waals surface area contributed by atoms with Crippen molar-refractivity contribution in [2.24, 2.45) is 5.10 Å². The van der Waals surface area contributed by atoms with Crippen LogP contribution in [0.25, 0.3) is 0 Å². The number of anilines is 1. The van der Waals surface area contributed by atoms with E-state index in [-0.39, 0.29) is 23.8 Å². The number of carboxylic acids is 1. The van der Waals surface area contributed by atoms with Crippen LogP contribution in [0.15, 0.2) is 23.3 Å². The fourth-order valence-corrected chi connectivity index (χ4v) is 2.49. The molecule has 1 unspecified atom stereocenters. The predicted molar refractivity (Wildman–Crippen MR) is 83.7 cm³/mol. The van der Waals surface area contributed by atoms with Crippen molar-refractivity contribution in [1.82, 2.24) is 0 Å². The molecule has 1 heterocycles. The maximum atomic E-state index is 11.9. The van der Waals surface area contributed by atoms with Crippen molar-refractivity contribution in [3.8, 4) is 0 Å². The van der Waals surface area contributed by atoms with Crippen molar-refractivity contribution >= 4 is 46.5 Å². The summed E-state index contributed by atoms with van der Waals surface area (Å²) in [6.07, 6.45) is -0.0932. The zero-order chi connectivity index (χ0) is 16.5. The van der Waals surface area contributed by atoms with Crippen molar-refractivity contribution in [2.45, 2.75) is 25.8 Å². The largest absolute Gasteiger partial charge is 0.479 e. The summed E-state index contributed by atoms with van der Waals surface area (Å²) < 4.78 is 4.89. The Morgan fingerprint density at radius 1 is 1.45 bits per heavy atom. The lowest BCUT2D eigenvalue weighted by molar-refractivity contribution is -0.142. The highest BCUT2D eigenvalue weighted by Crippen LogP contribution is 2.38. The van der Waals surface area contributed by atoms with Gasteiger partial charge in [-0.1, -0.05) is 23.2 Å². The Labute approximate surface area is 137 Å². The molecule has 0 radical (unpaired) electrons. The van der Waals surface area contributed by atoms with Gasteiger partial charge in [0.15, 0.2) is 5.54 Å². The molecule has 2 rings (SSSR count). The molecular weight excluding hydrogens is 331 g/mol. The second-order valence-corrected chi connectivity index (χ2v) is 5.77. The van der Waals surface area contributed by atoms with E-state index in [0.717, 1.165) is 0 Å². The average Bonchev–Trinajstić information content (AvgIpc) is 2.81. The number of carbonyl (C=O) groups excluding carboxylic acids is 1. The van der Waals surface area contributed by atoms with Crippen LogP contribution in [-0.4, -0.2) is 34.9 Å². The first kappa shape index (κ1) is 16.6. The predicted octanol–water partition coefficient (Wildman–Crippen LogP) is 2.97. The van der Waals surface area contributed by atoms with Gasteiger partial charge in [0.05, 0.1) is 17.3 Å². The first-order valence-corrected chi connectivity index (χ1v) is 7.28. The second-order valence-electron chi connectivity index (χ2n) is 4.93. The highest BCUT2D eigenvalue weighted by molar-refractivity contribution is 6.39. The Morgan fingerprint density at radius 3 is 2.73 bits per heavy atom. The van der Waals surface area contributed by atoms with E-state index in [2.05, 4.69) is 5.10 Å². The zero-order valence-electron chi connectivity index (χ0n) is 12.0. The summed E-state index contributed by atoms with van der Waals surface area (Å²) in [7, 11) is 0. The van der Waals surface area contributed by atoms with E-state index in [1.807, 2.05) is 0 Å². The molecule has 1 aromatic carbocycles. The number of rotatable bonds is 4. The summed E-state index contributed by atoms with van der Waals surface area (Å²) in [5.74, 6) is -1.78. The second kappa shape index (κ2) is 6.14. The van der Waals surface area contributed by atoms with Crippen LogP contribution in [0.3, 0.4) is 0 Å². The van der Waals surface area contributed by atoms with E-state index in [1.54, 1.807) is 19.1 Å². The minimum Gasteiger partial charge on any atom is -0.479 e. The maximum absolute atomic E-state index is 11.9. The van der Waals surface area contributed by atoms with Crippen LogP contribution in [0.2, 0.25) is 10.0 Å². The van der Waals surface area contributed by atoms with E-state index in [9.17, 15) is 14.7 Å². The number of esters is 1. The number of hydrazone groups is 1. The van der Waals surface area contributed by atoms with Crippen molar-refractivity contribution < 1.29 is 19.4 Å². The first-order valence-electron chi connectivity index (χ1n) is 6.53. The van der Waals surface area contributed by atoms with Crippen LogP contribution in [-0.2, 0) is 14.3 Å². The summed E-state index contributed by atoms with van der Waals surface area (Å²) in [6.45, 7) is 3.30. The lowest BCUT2D eigenvalue weighted by Gasteiger charge is -2.30. The fraction of sp³-hybridized carbons (Fsp3) is 0.357. The molecular formula is C14H14Cl2N2O4. The third kappa shape index (κ3) is 2.89. The lowest BCUT2D eigenvalue weighted by atomic mass is 9.95.